The van der Waals surface area contributed by atoms with Gasteiger partial charge in [-0.2, -0.15) is 0 Å². The van der Waals surface area contributed by atoms with Gasteiger partial charge in [-0.25, -0.2) is 13.1 Å². The Kier molecular flexibility index (Phi) is 4.60. The highest BCUT2D eigenvalue weighted by Gasteiger charge is 2.39. The number of rotatable bonds is 7. The van der Waals surface area contributed by atoms with E-state index in [0.717, 1.165) is 24.8 Å². The van der Waals surface area contributed by atoms with Crippen LogP contribution in [0.3, 0.4) is 0 Å². The topological polar surface area (TPSA) is 66.4 Å². The van der Waals surface area contributed by atoms with Crippen LogP contribution in [0.2, 0.25) is 0 Å². The summed E-state index contributed by atoms with van der Waals surface area (Å²) < 4.78 is 27.0. The van der Waals surface area contributed by atoms with Crippen LogP contribution in [0.4, 0.5) is 0 Å². The van der Waals surface area contributed by atoms with Gasteiger partial charge in [0.15, 0.2) is 0 Å². The number of aliphatic hydroxyl groups is 1. The lowest BCUT2D eigenvalue weighted by Gasteiger charge is -2.07. The summed E-state index contributed by atoms with van der Waals surface area (Å²) in [6.45, 7) is 2.19. The van der Waals surface area contributed by atoms with Gasteiger partial charge in [0, 0.05) is 12.6 Å². The lowest BCUT2D eigenvalue weighted by atomic mass is 10.2. The predicted octanol–water partition coefficient (Wildman–Crippen LogP) is 1.69. The highest BCUT2D eigenvalue weighted by Crippen LogP contribution is 2.35. The first kappa shape index (κ1) is 14.5. The second-order valence-electron chi connectivity index (χ2n) is 5.13. The third kappa shape index (κ3) is 3.78. The maximum absolute atomic E-state index is 12.1. The molecule has 2 atom stereocenters. The van der Waals surface area contributed by atoms with Crippen LogP contribution in [-0.2, 0) is 16.4 Å². The molecule has 1 aliphatic carbocycles. The van der Waals surface area contributed by atoms with Gasteiger partial charge < -0.3 is 5.11 Å². The molecule has 0 radical (unpaired) electrons. The van der Waals surface area contributed by atoms with Crippen molar-refractivity contribution < 1.29 is 13.5 Å². The Balaban J connectivity index is 1.99. The van der Waals surface area contributed by atoms with Crippen molar-refractivity contribution in [2.24, 2.45) is 5.92 Å². The van der Waals surface area contributed by atoms with Gasteiger partial charge in [-0.1, -0.05) is 25.5 Å². The molecule has 5 heteroatoms. The molecule has 2 rings (SSSR count). The fourth-order valence-corrected chi connectivity index (χ4v) is 3.63. The van der Waals surface area contributed by atoms with Crippen molar-refractivity contribution in [1.29, 1.82) is 0 Å². The summed E-state index contributed by atoms with van der Waals surface area (Å²) in [4.78, 5) is 0.302. The van der Waals surface area contributed by atoms with Crippen LogP contribution in [0.5, 0.6) is 0 Å². The molecule has 2 unspecified atom stereocenters. The minimum absolute atomic E-state index is 0.0745. The SMILES string of the molecule is CCCC1CC1NS(=O)(=O)c1ccc(CCO)cc1. The molecule has 1 fully saturated rings. The fourth-order valence-electron chi connectivity index (χ4n) is 2.31. The summed E-state index contributed by atoms with van der Waals surface area (Å²) in [6, 6.07) is 6.82. The summed E-state index contributed by atoms with van der Waals surface area (Å²) in [6.07, 6.45) is 3.69. The van der Waals surface area contributed by atoms with E-state index in [2.05, 4.69) is 11.6 Å². The Labute approximate surface area is 114 Å². The quantitative estimate of drug-likeness (QED) is 0.800. The molecule has 0 heterocycles. The largest absolute Gasteiger partial charge is 0.396 e. The number of aliphatic hydroxyl groups excluding tert-OH is 1. The standard InChI is InChI=1S/C14H21NO3S/c1-2-3-12-10-14(12)15-19(17,18)13-6-4-11(5-7-13)8-9-16/h4-7,12,14-16H,2-3,8-10H2,1H3. The summed E-state index contributed by atoms with van der Waals surface area (Å²) in [5.41, 5.74) is 0.941. The minimum Gasteiger partial charge on any atom is -0.396 e. The fraction of sp³-hybridized carbons (Fsp3) is 0.571. The van der Waals surface area contributed by atoms with Crippen LogP contribution < -0.4 is 4.72 Å². The zero-order valence-corrected chi connectivity index (χ0v) is 12.0. The predicted molar refractivity (Wildman–Crippen MR) is 74.4 cm³/mol. The smallest absolute Gasteiger partial charge is 0.240 e. The molecule has 0 amide bonds. The van der Waals surface area contributed by atoms with Gasteiger partial charge in [-0.05, 0) is 42.9 Å². The maximum atomic E-state index is 12.1. The molecule has 4 nitrogen and oxygen atoms in total. The van der Waals surface area contributed by atoms with Gasteiger partial charge in [0.1, 0.15) is 0 Å². The summed E-state index contributed by atoms with van der Waals surface area (Å²) in [5.74, 6) is 0.508. The Bertz CT molecular complexity index is 510. The van der Waals surface area contributed by atoms with E-state index in [9.17, 15) is 8.42 Å². The Morgan fingerprint density at radius 2 is 2.00 bits per heavy atom. The second kappa shape index (κ2) is 6.03. The van der Waals surface area contributed by atoms with E-state index >= 15 is 0 Å². The average Bonchev–Trinajstić information content (AvgIpc) is 3.08. The number of benzene rings is 1. The molecule has 0 aromatic heterocycles. The van der Waals surface area contributed by atoms with Crippen molar-refractivity contribution in [2.45, 2.75) is 43.5 Å². The van der Waals surface area contributed by atoms with Crippen molar-refractivity contribution in [2.75, 3.05) is 6.61 Å². The third-order valence-corrected chi connectivity index (χ3v) is 5.03. The zero-order chi connectivity index (χ0) is 13.9. The molecule has 1 saturated carbocycles. The van der Waals surface area contributed by atoms with Crippen molar-refractivity contribution in [3.05, 3.63) is 29.8 Å². The highest BCUT2D eigenvalue weighted by atomic mass is 32.2. The van der Waals surface area contributed by atoms with Gasteiger partial charge in [0.25, 0.3) is 0 Å². The van der Waals surface area contributed by atoms with Gasteiger partial charge in [0.05, 0.1) is 4.90 Å². The third-order valence-electron chi connectivity index (χ3n) is 3.52. The van der Waals surface area contributed by atoms with Crippen molar-refractivity contribution in [1.82, 2.24) is 4.72 Å². The highest BCUT2D eigenvalue weighted by molar-refractivity contribution is 7.89. The van der Waals surface area contributed by atoms with Gasteiger partial charge >= 0.3 is 0 Å². The van der Waals surface area contributed by atoms with Gasteiger partial charge in [0.2, 0.25) is 10.0 Å². The van der Waals surface area contributed by atoms with E-state index in [-0.39, 0.29) is 12.6 Å². The molecular weight excluding hydrogens is 262 g/mol. The Hall–Kier alpha value is -0.910. The number of hydrogen-bond donors (Lipinski definition) is 2. The van der Waals surface area contributed by atoms with E-state index in [4.69, 9.17) is 5.11 Å². The van der Waals surface area contributed by atoms with Gasteiger partial charge in [-0.15, -0.1) is 0 Å². The van der Waals surface area contributed by atoms with E-state index in [1.807, 2.05) is 0 Å². The molecule has 0 aliphatic heterocycles. The first-order chi connectivity index (χ1) is 9.06. The number of sulfonamides is 1. The molecule has 0 bridgehead atoms. The molecule has 1 aliphatic rings. The summed E-state index contributed by atoms with van der Waals surface area (Å²) in [5, 5.41) is 8.83. The average molecular weight is 283 g/mol. The zero-order valence-electron chi connectivity index (χ0n) is 11.2. The van der Waals surface area contributed by atoms with Crippen LogP contribution >= 0.6 is 0 Å². The molecule has 1 aromatic rings. The number of hydrogen-bond acceptors (Lipinski definition) is 3. The first-order valence-electron chi connectivity index (χ1n) is 6.79. The number of nitrogens with one attached hydrogen (secondary N) is 1. The molecule has 106 valence electrons. The molecule has 0 saturated heterocycles. The van der Waals surface area contributed by atoms with Crippen molar-refractivity contribution in [3.8, 4) is 0 Å². The van der Waals surface area contributed by atoms with Crippen LogP contribution in [0.25, 0.3) is 0 Å². The van der Waals surface area contributed by atoms with Crippen LogP contribution in [0.15, 0.2) is 29.2 Å². The van der Waals surface area contributed by atoms with Crippen LogP contribution in [-0.4, -0.2) is 26.2 Å². The van der Waals surface area contributed by atoms with E-state index < -0.39 is 10.0 Å². The minimum atomic E-state index is -3.39. The van der Waals surface area contributed by atoms with Crippen molar-refractivity contribution in [3.63, 3.8) is 0 Å². The van der Waals surface area contributed by atoms with Crippen molar-refractivity contribution >= 4 is 10.0 Å². The van der Waals surface area contributed by atoms with Crippen LogP contribution in [0.1, 0.15) is 31.7 Å². The molecule has 0 spiro atoms. The first-order valence-corrected chi connectivity index (χ1v) is 8.27. The summed E-state index contributed by atoms with van der Waals surface area (Å²) in [7, 11) is -3.39. The van der Waals surface area contributed by atoms with E-state index in [0.29, 0.717) is 17.2 Å². The molecule has 1 aromatic carbocycles. The monoisotopic (exact) mass is 283 g/mol. The van der Waals surface area contributed by atoms with Gasteiger partial charge in [-0.3, -0.25) is 0 Å². The molecular formula is C14H21NO3S. The lowest BCUT2D eigenvalue weighted by molar-refractivity contribution is 0.299. The van der Waals surface area contributed by atoms with E-state index in [1.165, 1.54) is 0 Å². The Morgan fingerprint density at radius 1 is 1.32 bits per heavy atom. The molecule has 19 heavy (non-hydrogen) atoms. The lowest BCUT2D eigenvalue weighted by Crippen LogP contribution is -2.27. The Morgan fingerprint density at radius 3 is 2.58 bits per heavy atom. The maximum Gasteiger partial charge on any atom is 0.240 e. The van der Waals surface area contributed by atoms with Crippen LogP contribution in [0, 0.1) is 5.92 Å². The normalized spacial score (nSPS) is 22.4. The van der Waals surface area contributed by atoms with E-state index in [1.54, 1.807) is 24.3 Å². The molecule has 2 N–H and O–H groups in total. The summed E-state index contributed by atoms with van der Waals surface area (Å²) >= 11 is 0. The second-order valence-corrected chi connectivity index (χ2v) is 6.84.